The SMILES string of the molecule is C/C=C(\C)C(=O)OC1CC2CC(C1C)C2(C)C. The fourth-order valence-electron chi connectivity index (χ4n) is 3.61. The quantitative estimate of drug-likeness (QED) is 0.541. The second kappa shape index (κ2) is 4.15. The number of ether oxygens (including phenoxy) is 1. The maximum absolute atomic E-state index is 11.8. The molecule has 0 aromatic rings. The second-order valence-electron chi connectivity index (χ2n) is 6.37. The van der Waals surface area contributed by atoms with E-state index in [-0.39, 0.29) is 12.1 Å². The molecule has 3 saturated carbocycles. The lowest BCUT2D eigenvalue weighted by Gasteiger charge is -2.61. The van der Waals surface area contributed by atoms with Crippen molar-refractivity contribution in [3.63, 3.8) is 0 Å². The summed E-state index contributed by atoms with van der Waals surface area (Å²) in [7, 11) is 0. The summed E-state index contributed by atoms with van der Waals surface area (Å²) in [5, 5.41) is 0. The lowest BCUT2D eigenvalue weighted by molar-refractivity contribution is -0.182. The zero-order chi connectivity index (χ0) is 12.8. The molecule has 0 heterocycles. The van der Waals surface area contributed by atoms with Crippen molar-refractivity contribution in [2.75, 3.05) is 0 Å². The molecule has 3 rings (SSSR count). The van der Waals surface area contributed by atoms with Crippen LogP contribution < -0.4 is 0 Å². The van der Waals surface area contributed by atoms with Crippen LogP contribution in [0.5, 0.6) is 0 Å². The van der Waals surface area contributed by atoms with Gasteiger partial charge in [-0.3, -0.25) is 0 Å². The first-order chi connectivity index (χ1) is 7.87. The van der Waals surface area contributed by atoms with Crippen molar-refractivity contribution >= 4 is 5.97 Å². The second-order valence-corrected chi connectivity index (χ2v) is 6.37. The van der Waals surface area contributed by atoms with E-state index in [4.69, 9.17) is 4.74 Å². The number of allylic oxidation sites excluding steroid dienone is 1. The van der Waals surface area contributed by atoms with Gasteiger partial charge < -0.3 is 4.74 Å². The molecule has 3 aliphatic rings. The summed E-state index contributed by atoms with van der Waals surface area (Å²) in [5.41, 5.74) is 1.17. The summed E-state index contributed by atoms with van der Waals surface area (Å²) >= 11 is 0. The van der Waals surface area contributed by atoms with E-state index in [1.807, 2.05) is 19.9 Å². The van der Waals surface area contributed by atoms with Crippen LogP contribution in [0.25, 0.3) is 0 Å². The summed E-state index contributed by atoms with van der Waals surface area (Å²) in [6.07, 6.45) is 4.33. The van der Waals surface area contributed by atoms with Crippen LogP contribution in [0.4, 0.5) is 0 Å². The summed E-state index contributed by atoms with van der Waals surface area (Å²) in [6, 6.07) is 0. The van der Waals surface area contributed by atoms with E-state index >= 15 is 0 Å². The van der Waals surface area contributed by atoms with Gasteiger partial charge >= 0.3 is 5.97 Å². The minimum atomic E-state index is -0.136. The maximum atomic E-state index is 11.8. The molecule has 2 nitrogen and oxygen atoms in total. The van der Waals surface area contributed by atoms with Crippen molar-refractivity contribution in [1.29, 1.82) is 0 Å². The molecule has 2 bridgehead atoms. The Kier molecular flexibility index (Phi) is 3.09. The van der Waals surface area contributed by atoms with Gasteiger partial charge in [-0.05, 0) is 49.9 Å². The lowest BCUT2D eigenvalue weighted by atomic mass is 9.45. The van der Waals surface area contributed by atoms with Gasteiger partial charge in [0, 0.05) is 5.57 Å². The Labute approximate surface area is 104 Å². The molecule has 0 amide bonds. The van der Waals surface area contributed by atoms with Crippen LogP contribution in [-0.2, 0) is 9.53 Å². The largest absolute Gasteiger partial charge is 0.459 e. The van der Waals surface area contributed by atoms with Crippen LogP contribution in [0.15, 0.2) is 11.6 Å². The molecule has 0 saturated heterocycles. The fraction of sp³-hybridized carbons (Fsp3) is 0.800. The first-order valence-corrected chi connectivity index (χ1v) is 6.71. The van der Waals surface area contributed by atoms with Crippen molar-refractivity contribution in [3.05, 3.63) is 11.6 Å². The number of esters is 1. The highest BCUT2D eigenvalue weighted by molar-refractivity contribution is 5.87. The van der Waals surface area contributed by atoms with Crippen LogP contribution in [0.2, 0.25) is 0 Å². The van der Waals surface area contributed by atoms with Crippen LogP contribution >= 0.6 is 0 Å². The van der Waals surface area contributed by atoms with Gasteiger partial charge in [-0.1, -0.05) is 26.8 Å². The van der Waals surface area contributed by atoms with E-state index in [9.17, 15) is 4.79 Å². The van der Waals surface area contributed by atoms with Crippen molar-refractivity contribution in [1.82, 2.24) is 0 Å². The van der Waals surface area contributed by atoms with Gasteiger partial charge in [0.25, 0.3) is 0 Å². The summed E-state index contributed by atoms with van der Waals surface area (Å²) in [6.45, 7) is 10.7. The van der Waals surface area contributed by atoms with Gasteiger partial charge in [-0.15, -0.1) is 0 Å². The van der Waals surface area contributed by atoms with Crippen LogP contribution in [0.1, 0.15) is 47.5 Å². The Morgan fingerprint density at radius 2 is 2.00 bits per heavy atom. The Bertz CT molecular complexity index is 354. The molecule has 0 aromatic carbocycles. The summed E-state index contributed by atoms with van der Waals surface area (Å²) in [4.78, 5) is 11.8. The van der Waals surface area contributed by atoms with E-state index < -0.39 is 0 Å². The normalized spacial score (nSPS) is 39.5. The molecule has 0 spiro atoms. The molecule has 4 unspecified atom stereocenters. The molecule has 0 aliphatic heterocycles. The van der Waals surface area contributed by atoms with Crippen molar-refractivity contribution in [2.45, 2.75) is 53.6 Å². The van der Waals surface area contributed by atoms with Gasteiger partial charge in [-0.25, -0.2) is 4.79 Å². The van der Waals surface area contributed by atoms with Crippen LogP contribution in [-0.4, -0.2) is 12.1 Å². The molecule has 4 atom stereocenters. The predicted molar refractivity (Wildman–Crippen MR) is 68.5 cm³/mol. The summed E-state index contributed by atoms with van der Waals surface area (Å²) < 4.78 is 5.64. The standard InChI is InChI=1S/C15H24O2/c1-6-9(2)14(16)17-13-8-11-7-12(10(13)3)15(11,4)5/h6,10-13H,7-8H2,1-5H3/b9-6+. The molecule has 3 fully saturated rings. The zero-order valence-corrected chi connectivity index (χ0v) is 11.6. The Morgan fingerprint density at radius 1 is 1.35 bits per heavy atom. The highest BCUT2D eigenvalue weighted by atomic mass is 16.5. The molecule has 0 radical (unpaired) electrons. The van der Waals surface area contributed by atoms with E-state index in [0.29, 0.717) is 11.3 Å². The third-order valence-corrected chi connectivity index (χ3v) is 5.30. The first kappa shape index (κ1) is 12.7. The molecule has 0 aromatic heterocycles. The number of fused-ring (bicyclic) bond motifs is 2. The van der Waals surface area contributed by atoms with Crippen molar-refractivity contribution in [2.24, 2.45) is 23.2 Å². The Balaban J connectivity index is 2.00. The van der Waals surface area contributed by atoms with Gasteiger partial charge in [0.1, 0.15) is 6.10 Å². The smallest absolute Gasteiger partial charge is 0.333 e. The third kappa shape index (κ3) is 1.92. The van der Waals surface area contributed by atoms with Crippen LogP contribution in [0.3, 0.4) is 0 Å². The molecule has 96 valence electrons. The van der Waals surface area contributed by atoms with E-state index in [1.54, 1.807) is 0 Å². The highest BCUT2D eigenvalue weighted by Gasteiger charge is 2.57. The lowest BCUT2D eigenvalue weighted by Crippen LogP contribution is -2.57. The number of hydrogen-bond donors (Lipinski definition) is 0. The Hall–Kier alpha value is -0.790. The first-order valence-electron chi connectivity index (χ1n) is 6.71. The minimum absolute atomic E-state index is 0.133. The maximum Gasteiger partial charge on any atom is 0.333 e. The van der Waals surface area contributed by atoms with Gasteiger partial charge in [0.2, 0.25) is 0 Å². The van der Waals surface area contributed by atoms with Gasteiger partial charge in [0.05, 0.1) is 0 Å². The van der Waals surface area contributed by atoms with Crippen LogP contribution in [0, 0.1) is 23.2 Å². The molecule has 0 N–H and O–H groups in total. The third-order valence-electron chi connectivity index (χ3n) is 5.30. The average Bonchev–Trinajstić information content (AvgIpc) is 2.29. The number of carbonyl (C=O) groups excluding carboxylic acids is 1. The zero-order valence-electron chi connectivity index (χ0n) is 11.6. The predicted octanol–water partition coefficient (Wildman–Crippen LogP) is 3.57. The number of rotatable bonds is 2. The molecule has 17 heavy (non-hydrogen) atoms. The van der Waals surface area contributed by atoms with Gasteiger partial charge in [-0.2, -0.15) is 0 Å². The van der Waals surface area contributed by atoms with Crippen molar-refractivity contribution < 1.29 is 9.53 Å². The molecule has 3 aliphatic carbocycles. The molecular formula is C15H24O2. The average molecular weight is 236 g/mol. The van der Waals surface area contributed by atoms with E-state index in [2.05, 4.69) is 20.8 Å². The highest BCUT2D eigenvalue weighted by Crippen LogP contribution is 2.61. The summed E-state index contributed by atoms with van der Waals surface area (Å²) in [5.74, 6) is 1.84. The number of hydrogen-bond acceptors (Lipinski definition) is 2. The number of carbonyl (C=O) groups is 1. The monoisotopic (exact) mass is 236 g/mol. The minimum Gasteiger partial charge on any atom is -0.459 e. The topological polar surface area (TPSA) is 26.3 Å². The fourth-order valence-corrected chi connectivity index (χ4v) is 3.61. The van der Waals surface area contributed by atoms with E-state index in [0.717, 1.165) is 23.8 Å². The van der Waals surface area contributed by atoms with Crippen molar-refractivity contribution in [3.8, 4) is 0 Å². The molecular weight excluding hydrogens is 212 g/mol. The van der Waals surface area contributed by atoms with Gasteiger partial charge in [0.15, 0.2) is 0 Å². The molecule has 2 heteroatoms. The van der Waals surface area contributed by atoms with E-state index in [1.165, 1.54) is 6.42 Å². The Morgan fingerprint density at radius 3 is 2.47 bits per heavy atom.